The van der Waals surface area contributed by atoms with Crippen LogP contribution in [0.1, 0.15) is 19.3 Å². The fraction of sp³-hybridized carbons (Fsp3) is 0.750. The zero-order valence-corrected chi connectivity index (χ0v) is 7.29. The van der Waals surface area contributed by atoms with Gasteiger partial charge in [0.15, 0.2) is 0 Å². The largest absolute Gasteiger partial charge is 0.480 e. The van der Waals surface area contributed by atoms with Crippen LogP contribution in [-0.2, 0) is 4.79 Å². The molecule has 0 bridgehead atoms. The Bertz CT molecular complexity index is 174. The predicted molar refractivity (Wildman–Crippen MR) is 44.6 cm³/mol. The van der Waals surface area contributed by atoms with Gasteiger partial charge in [0.1, 0.15) is 0 Å². The van der Waals surface area contributed by atoms with Crippen LogP contribution in [0.5, 0.6) is 0 Å². The maximum absolute atomic E-state index is 10.2. The number of unbranched alkanes of at least 4 members (excludes halogenated alkanes) is 2. The number of aliphatic carboxylic acids is 1. The zero-order chi connectivity index (χ0) is 9.40. The highest BCUT2D eigenvalue weighted by Gasteiger charge is 2.02. The van der Waals surface area contributed by atoms with Gasteiger partial charge in [0.05, 0.1) is 12.6 Å². The summed E-state index contributed by atoms with van der Waals surface area (Å²) in [5.74, 6) is -0.808. The minimum absolute atomic E-state index is 0.0759. The molecule has 68 valence electrons. The van der Waals surface area contributed by atoms with Crippen molar-refractivity contribution in [1.82, 2.24) is 4.90 Å². The molecule has 4 heteroatoms. The number of nitriles is 1. The van der Waals surface area contributed by atoms with Crippen LogP contribution < -0.4 is 0 Å². The van der Waals surface area contributed by atoms with Crippen molar-refractivity contribution in [2.24, 2.45) is 0 Å². The van der Waals surface area contributed by atoms with Gasteiger partial charge in [0.25, 0.3) is 0 Å². The van der Waals surface area contributed by atoms with E-state index in [0.29, 0.717) is 6.42 Å². The molecular formula is C8H14N2O2. The number of carboxylic acids is 1. The molecule has 0 rings (SSSR count). The molecule has 0 heterocycles. The highest BCUT2D eigenvalue weighted by molar-refractivity contribution is 5.68. The number of carbonyl (C=O) groups is 1. The van der Waals surface area contributed by atoms with Crippen molar-refractivity contribution < 1.29 is 9.90 Å². The van der Waals surface area contributed by atoms with Gasteiger partial charge in [-0.25, -0.2) is 0 Å². The molecule has 0 unspecified atom stereocenters. The van der Waals surface area contributed by atoms with E-state index in [1.165, 1.54) is 0 Å². The lowest BCUT2D eigenvalue weighted by molar-refractivity contribution is -0.137. The fourth-order valence-corrected chi connectivity index (χ4v) is 0.896. The molecule has 0 aliphatic carbocycles. The Hall–Kier alpha value is -1.08. The Balaban J connectivity index is 3.26. The lowest BCUT2D eigenvalue weighted by Gasteiger charge is -2.12. The first-order valence-corrected chi connectivity index (χ1v) is 3.94. The van der Waals surface area contributed by atoms with E-state index in [-0.39, 0.29) is 6.54 Å². The highest BCUT2D eigenvalue weighted by Crippen LogP contribution is 1.95. The van der Waals surface area contributed by atoms with E-state index in [9.17, 15) is 4.79 Å². The normalized spacial score (nSPS) is 9.75. The summed E-state index contributed by atoms with van der Waals surface area (Å²) >= 11 is 0. The molecule has 0 aromatic heterocycles. The topological polar surface area (TPSA) is 64.3 Å². The molecule has 0 aliphatic rings. The van der Waals surface area contributed by atoms with E-state index in [4.69, 9.17) is 10.4 Å². The first-order chi connectivity index (χ1) is 5.66. The average molecular weight is 170 g/mol. The second kappa shape index (κ2) is 6.62. The minimum Gasteiger partial charge on any atom is -0.480 e. The molecule has 0 spiro atoms. The van der Waals surface area contributed by atoms with Crippen molar-refractivity contribution in [3.05, 3.63) is 0 Å². The third kappa shape index (κ3) is 7.03. The van der Waals surface area contributed by atoms with Gasteiger partial charge in [0, 0.05) is 6.42 Å². The summed E-state index contributed by atoms with van der Waals surface area (Å²) in [7, 11) is 1.76. The Kier molecular flexibility index (Phi) is 6.02. The zero-order valence-electron chi connectivity index (χ0n) is 7.29. The van der Waals surface area contributed by atoms with E-state index in [1.807, 2.05) is 6.07 Å². The lowest BCUT2D eigenvalue weighted by Crippen LogP contribution is -2.26. The monoisotopic (exact) mass is 170 g/mol. The number of likely N-dealkylation sites (N-methyl/N-ethyl adjacent to an activating group) is 1. The molecule has 0 aromatic rings. The predicted octanol–water partition coefficient (Wildman–Crippen LogP) is 0.697. The van der Waals surface area contributed by atoms with Crippen LogP contribution in [0.25, 0.3) is 0 Å². The molecule has 1 N–H and O–H groups in total. The molecule has 0 amide bonds. The lowest BCUT2D eigenvalue weighted by atomic mass is 10.2. The Labute approximate surface area is 72.4 Å². The van der Waals surface area contributed by atoms with Gasteiger partial charge in [-0.3, -0.25) is 9.69 Å². The Morgan fingerprint density at radius 3 is 2.75 bits per heavy atom. The molecular weight excluding hydrogens is 156 g/mol. The van der Waals surface area contributed by atoms with Crippen molar-refractivity contribution in [3.63, 3.8) is 0 Å². The number of nitrogens with zero attached hydrogens (tertiary/aromatic N) is 2. The number of hydrogen-bond donors (Lipinski definition) is 1. The van der Waals surface area contributed by atoms with E-state index < -0.39 is 5.97 Å². The van der Waals surface area contributed by atoms with Crippen molar-refractivity contribution in [3.8, 4) is 6.07 Å². The summed E-state index contributed by atoms with van der Waals surface area (Å²) in [6, 6.07) is 2.05. The van der Waals surface area contributed by atoms with Crippen LogP contribution in [0.3, 0.4) is 0 Å². The van der Waals surface area contributed by atoms with Gasteiger partial charge >= 0.3 is 5.97 Å². The minimum atomic E-state index is -0.808. The standard InChI is InChI=1S/C8H14N2O2/c1-10(7-8(11)12)6-4-2-3-5-9/h2-4,6-7H2,1H3,(H,11,12). The summed E-state index contributed by atoms with van der Waals surface area (Å²) in [6.07, 6.45) is 2.29. The highest BCUT2D eigenvalue weighted by atomic mass is 16.4. The molecule has 4 nitrogen and oxygen atoms in total. The van der Waals surface area contributed by atoms with Gasteiger partial charge in [-0.15, -0.1) is 0 Å². The molecule has 0 saturated heterocycles. The van der Waals surface area contributed by atoms with Crippen molar-refractivity contribution in [1.29, 1.82) is 5.26 Å². The van der Waals surface area contributed by atoms with Gasteiger partial charge in [-0.05, 0) is 26.4 Å². The summed E-state index contributed by atoms with van der Waals surface area (Å²) in [6.45, 7) is 0.820. The van der Waals surface area contributed by atoms with Crippen molar-refractivity contribution in [2.45, 2.75) is 19.3 Å². The average Bonchev–Trinajstić information content (AvgIpc) is 1.97. The van der Waals surface area contributed by atoms with Gasteiger partial charge < -0.3 is 5.11 Å². The first-order valence-electron chi connectivity index (χ1n) is 3.94. The fourth-order valence-electron chi connectivity index (χ4n) is 0.896. The SMILES string of the molecule is CN(CCCCC#N)CC(=O)O. The quantitative estimate of drug-likeness (QED) is 0.596. The third-order valence-electron chi connectivity index (χ3n) is 1.48. The molecule has 12 heavy (non-hydrogen) atoms. The number of carboxylic acid groups (broad SMARTS) is 1. The third-order valence-corrected chi connectivity index (χ3v) is 1.48. The Morgan fingerprint density at radius 1 is 1.58 bits per heavy atom. The van der Waals surface area contributed by atoms with Gasteiger partial charge in [-0.2, -0.15) is 5.26 Å². The maximum atomic E-state index is 10.2. The molecule has 0 aliphatic heterocycles. The Morgan fingerprint density at radius 2 is 2.25 bits per heavy atom. The molecule has 0 atom stereocenters. The second-order valence-corrected chi connectivity index (χ2v) is 2.75. The van der Waals surface area contributed by atoms with Crippen LogP contribution in [0.4, 0.5) is 0 Å². The van der Waals surface area contributed by atoms with Crippen LogP contribution >= 0.6 is 0 Å². The second-order valence-electron chi connectivity index (χ2n) is 2.75. The molecule has 0 fully saturated rings. The van der Waals surface area contributed by atoms with Gasteiger partial charge in [0.2, 0.25) is 0 Å². The van der Waals surface area contributed by atoms with Crippen LogP contribution in [0, 0.1) is 11.3 Å². The summed E-state index contributed by atoms with van der Waals surface area (Å²) in [5, 5.41) is 16.6. The maximum Gasteiger partial charge on any atom is 0.317 e. The van der Waals surface area contributed by atoms with Crippen LogP contribution in [0.2, 0.25) is 0 Å². The van der Waals surface area contributed by atoms with E-state index in [0.717, 1.165) is 19.4 Å². The molecule has 0 aromatic carbocycles. The molecule has 0 saturated carbocycles. The van der Waals surface area contributed by atoms with Crippen molar-refractivity contribution >= 4 is 5.97 Å². The number of rotatable bonds is 6. The molecule has 0 radical (unpaired) electrons. The summed E-state index contributed by atoms with van der Waals surface area (Å²) < 4.78 is 0. The van der Waals surface area contributed by atoms with E-state index in [1.54, 1.807) is 11.9 Å². The van der Waals surface area contributed by atoms with E-state index in [2.05, 4.69) is 0 Å². The summed E-state index contributed by atoms with van der Waals surface area (Å²) in [5.41, 5.74) is 0. The van der Waals surface area contributed by atoms with Crippen molar-refractivity contribution in [2.75, 3.05) is 20.1 Å². The van der Waals surface area contributed by atoms with Gasteiger partial charge in [-0.1, -0.05) is 0 Å². The number of hydrogen-bond acceptors (Lipinski definition) is 3. The first kappa shape index (κ1) is 10.9. The van der Waals surface area contributed by atoms with Crippen LogP contribution in [0.15, 0.2) is 0 Å². The summed E-state index contributed by atoms with van der Waals surface area (Å²) in [4.78, 5) is 11.9. The smallest absolute Gasteiger partial charge is 0.317 e. The van der Waals surface area contributed by atoms with Crippen LogP contribution in [-0.4, -0.2) is 36.1 Å². The van der Waals surface area contributed by atoms with E-state index >= 15 is 0 Å².